The third-order valence-electron chi connectivity index (χ3n) is 3.02. The van der Waals surface area contributed by atoms with Crippen LogP contribution in [0.4, 0.5) is 4.79 Å². The van der Waals surface area contributed by atoms with Crippen LogP contribution in [0.2, 0.25) is 0 Å². The predicted octanol–water partition coefficient (Wildman–Crippen LogP) is 2.76. The van der Waals surface area contributed by atoms with E-state index < -0.39 is 5.72 Å². The summed E-state index contributed by atoms with van der Waals surface area (Å²) in [5.41, 5.74) is -1.02. The van der Waals surface area contributed by atoms with Crippen molar-refractivity contribution in [3.63, 3.8) is 0 Å². The smallest absolute Gasteiger partial charge is 0.413 e. The third kappa shape index (κ3) is 2.36. The molecule has 5 nitrogen and oxygen atoms in total. The lowest BCUT2D eigenvalue weighted by molar-refractivity contribution is -0.0537. The van der Waals surface area contributed by atoms with Gasteiger partial charge in [0.15, 0.2) is 6.61 Å². The molecule has 1 fully saturated rings. The molecule has 5 heteroatoms. The molecule has 0 aliphatic carbocycles. The van der Waals surface area contributed by atoms with Crippen molar-refractivity contribution in [2.45, 2.75) is 45.6 Å². The maximum atomic E-state index is 12.2. The van der Waals surface area contributed by atoms with Gasteiger partial charge in [-0.15, -0.1) is 0 Å². The molecule has 2 heterocycles. The largest absolute Gasteiger partial charge is 0.466 e. The molecular weight excluding hydrogens is 234 g/mol. The van der Waals surface area contributed by atoms with E-state index in [-0.39, 0.29) is 18.2 Å². The summed E-state index contributed by atoms with van der Waals surface area (Å²) >= 11 is 0. The molecule has 0 atom stereocenters. The van der Waals surface area contributed by atoms with Gasteiger partial charge in [0, 0.05) is 0 Å². The van der Waals surface area contributed by atoms with Crippen LogP contribution >= 0.6 is 0 Å². The molecule has 0 spiro atoms. The predicted molar refractivity (Wildman–Crippen MR) is 64.8 cm³/mol. The van der Waals surface area contributed by atoms with Gasteiger partial charge < -0.3 is 13.9 Å². The number of carbonyl (C=O) groups is 1. The van der Waals surface area contributed by atoms with E-state index in [1.54, 1.807) is 23.3 Å². The zero-order chi connectivity index (χ0) is 13.4. The van der Waals surface area contributed by atoms with Gasteiger partial charge in [0.25, 0.3) is 0 Å². The van der Waals surface area contributed by atoms with Crippen molar-refractivity contribution in [3.05, 3.63) is 24.2 Å². The van der Waals surface area contributed by atoms with Crippen molar-refractivity contribution >= 4 is 6.09 Å². The van der Waals surface area contributed by atoms with Crippen molar-refractivity contribution < 1.29 is 18.7 Å². The fourth-order valence-electron chi connectivity index (χ4n) is 2.27. The summed E-state index contributed by atoms with van der Waals surface area (Å²) in [7, 11) is 0. The van der Waals surface area contributed by atoms with Crippen molar-refractivity contribution in [2.75, 3.05) is 6.61 Å². The summed E-state index contributed by atoms with van der Waals surface area (Å²) in [5, 5.41) is 0. The monoisotopic (exact) mass is 253 g/mol. The SMILES string of the molecule is CC1(C)COC(C)(C)N1C(=O)OCc1ccco1. The van der Waals surface area contributed by atoms with E-state index in [1.807, 2.05) is 27.7 Å². The Labute approximate surface area is 107 Å². The van der Waals surface area contributed by atoms with E-state index in [2.05, 4.69) is 0 Å². The molecule has 18 heavy (non-hydrogen) atoms. The highest BCUT2D eigenvalue weighted by molar-refractivity contribution is 5.69. The van der Waals surface area contributed by atoms with E-state index in [1.165, 1.54) is 0 Å². The van der Waals surface area contributed by atoms with Crippen molar-refractivity contribution in [3.8, 4) is 0 Å². The normalized spacial score (nSPS) is 21.0. The van der Waals surface area contributed by atoms with Gasteiger partial charge in [-0.05, 0) is 39.8 Å². The Kier molecular flexibility index (Phi) is 3.11. The van der Waals surface area contributed by atoms with Crippen LogP contribution in [0.25, 0.3) is 0 Å². The second-order valence-corrected chi connectivity index (χ2v) is 5.52. The molecule has 1 aromatic heterocycles. The van der Waals surface area contributed by atoms with Gasteiger partial charge in [-0.2, -0.15) is 0 Å². The highest BCUT2D eigenvalue weighted by Gasteiger charge is 2.49. The van der Waals surface area contributed by atoms with Crippen LogP contribution in [-0.2, 0) is 16.1 Å². The first-order valence-corrected chi connectivity index (χ1v) is 5.96. The van der Waals surface area contributed by atoms with Crippen LogP contribution in [0, 0.1) is 0 Å². The minimum Gasteiger partial charge on any atom is -0.466 e. The number of hydrogen-bond acceptors (Lipinski definition) is 4. The zero-order valence-electron chi connectivity index (χ0n) is 11.2. The number of carbonyl (C=O) groups excluding carboxylic acids is 1. The Bertz CT molecular complexity index is 406. The number of nitrogens with zero attached hydrogens (tertiary/aromatic N) is 1. The van der Waals surface area contributed by atoms with Gasteiger partial charge in [0.05, 0.1) is 18.4 Å². The highest BCUT2D eigenvalue weighted by Crippen LogP contribution is 2.35. The molecule has 0 aromatic carbocycles. The molecule has 0 unspecified atom stereocenters. The van der Waals surface area contributed by atoms with E-state index in [0.29, 0.717) is 12.4 Å². The average molecular weight is 253 g/mol. The van der Waals surface area contributed by atoms with E-state index >= 15 is 0 Å². The van der Waals surface area contributed by atoms with Gasteiger partial charge in [0.2, 0.25) is 0 Å². The summed E-state index contributed by atoms with van der Waals surface area (Å²) in [5.74, 6) is 0.624. The maximum absolute atomic E-state index is 12.2. The number of furan rings is 1. The highest BCUT2D eigenvalue weighted by atomic mass is 16.6. The molecule has 1 amide bonds. The van der Waals surface area contributed by atoms with E-state index in [4.69, 9.17) is 13.9 Å². The first-order chi connectivity index (χ1) is 8.33. The fraction of sp³-hybridized carbons (Fsp3) is 0.615. The Morgan fingerprint density at radius 2 is 2.17 bits per heavy atom. The van der Waals surface area contributed by atoms with Crippen LogP contribution in [0.1, 0.15) is 33.5 Å². The lowest BCUT2D eigenvalue weighted by Gasteiger charge is -2.36. The Balaban J connectivity index is 2.03. The van der Waals surface area contributed by atoms with Crippen molar-refractivity contribution in [1.29, 1.82) is 0 Å². The van der Waals surface area contributed by atoms with Gasteiger partial charge >= 0.3 is 6.09 Å². The van der Waals surface area contributed by atoms with Gasteiger partial charge in [0.1, 0.15) is 11.5 Å². The number of amides is 1. The lowest BCUT2D eigenvalue weighted by Crippen LogP contribution is -2.52. The van der Waals surface area contributed by atoms with Gasteiger partial charge in [-0.25, -0.2) is 4.79 Å². The van der Waals surface area contributed by atoms with Crippen molar-refractivity contribution in [1.82, 2.24) is 4.90 Å². The summed E-state index contributed by atoms with van der Waals surface area (Å²) in [6, 6.07) is 3.53. The molecule has 1 saturated heterocycles. The molecule has 2 rings (SSSR count). The molecule has 1 aliphatic heterocycles. The molecule has 1 aromatic rings. The second-order valence-electron chi connectivity index (χ2n) is 5.52. The van der Waals surface area contributed by atoms with Crippen LogP contribution in [-0.4, -0.2) is 28.9 Å². The second kappa shape index (κ2) is 4.31. The first kappa shape index (κ1) is 13.0. The summed E-state index contributed by atoms with van der Waals surface area (Å²) < 4.78 is 16.0. The Hall–Kier alpha value is -1.49. The Morgan fingerprint density at radius 1 is 1.44 bits per heavy atom. The standard InChI is InChI=1S/C13H19NO4/c1-12(2)9-18-13(3,4)14(12)11(15)17-8-10-6-5-7-16-10/h5-7H,8-9H2,1-4H3. The van der Waals surface area contributed by atoms with Crippen LogP contribution in [0.5, 0.6) is 0 Å². The minimum atomic E-state index is -0.649. The quantitative estimate of drug-likeness (QED) is 0.813. The van der Waals surface area contributed by atoms with Gasteiger partial charge in [-0.1, -0.05) is 0 Å². The summed E-state index contributed by atoms with van der Waals surface area (Å²) in [6.45, 7) is 8.25. The third-order valence-corrected chi connectivity index (χ3v) is 3.02. The maximum Gasteiger partial charge on any atom is 0.413 e. The number of hydrogen-bond donors (Lipinski definition) is 0. The average Bonchev–Trinajstić information content (AvgIpc) is 2.82. The van der Waals surface area contributed by atoms with Crippen molar-refractivity contribution in [2.24, 2.45) is 0 Å². The molecule has 1 aliphatic rings. The number of rotatable bonds is 2. The van der Waals surface area contributed by atoms with E-state index in [9.17, 15) is 4.79 Å². The first-order valence-electron chi connectivity index (χ1n) is 5.96. The summed E-state index contributed by atoms with van der Waals surface area (Å²) in [4.78, 5) is 13.8. The zero-order valence-corrected chi connectivity index (χ0v) is 11.2. The lowest BCUT2D eigenvalue weighted by atomic mass is 10.0. The van der Waals surface area contributed by atoms with E-state index in [0.717, 1.165) is 0 Å². The fourth-order valence-corrected chi connectivity index (χ4v) is 2.27. The molecule has 0 N–H and O–H groups in total. The molecule has 0 saturated carbocycles. The topological polar surface area (TPSA) is 51.9 Å². The summed E-state index contributed by atoms with van der Waals surface area (Å²) in [6.07, 6.45) is 1.16. The molecule has 100 valence electrons. The van der Waals surface area contributed by atoms with Gasteiger partial charge in [-0.3, -0.25) is 4.90 Å². The Morgan fingerprint density at radius 3 is 2.67 bits per heavy atom. The minimum absolute atomic E-state index is 0.133. The number of ether oxygens (including phenoxy) is 2. The molecule has 0 bridgehead atoms. The van der Waals surface area contributed by atoms with Crippen LogP contribution in [0.15, 0.2) is 22.8 Å². The molecular formula is C13H19NO4. The molecule has 0 radical (unpaired) electrons. The van der Waals surface area contributed by atoms with Crippen LogP contribution < -0.4 is 0 Å². The van der Waals surface area contributed by atoms with Crippen LogP contribution in [0.3, 0.4) is 0 Å².